The van der Waals surface area contributed by atoms with Crippen molar-refractivity contribution in [2.45, 2.75) is 25.0 Å². The molecule has 4 rings (SSSR count). The zero-order chi connectivity index (χ0) is 23.7. The SMILES string of the molecule is CNC(=O)c1cc(Nc2ccc3c(c2)c(N[C@@H]2CC[C@@H]2OC)cc(=O)n3C)c(C#N)c(Cl)n1. The van der Waals surface area contributed by atoms with Gasteiger partial charge in [0.15, 0.2) is 0 Å². The fourth-order valence-corrected chi connectivity index (χ4v) is 4.13. The minimum atomic E-state index is -0.419. The topological polar surface area (TPSA) is 121 Å². The van der Waals surface area contributed by atoms with E-state index in [1.807, 2.05) is 18.2 Å². The first-order valence-electron chi connectivity index (χ1n) is 10.4. The van der Waals surface area contributed by atoms with Crippen LogP contribution in [0.25, 0.3) is 10.9 Å². The number of pyridine rings is 2. The molecule has 0 bridgehead atoms. The summed E-state index contributed by atoms with van der Waals surface area (Å²) in [4.78, 5) is 28.5. The number of anilines is 3. The molecule has 0 saturated heterocycles. The molecule has 1 aromatic carbocycles. The lowest BCUT2D eigenvalue weighted by Crippen LogP contribution is -2.44. The lowest BCUT2D eigenvalue weighted by molar-refractivity contribution is 0.0287. The van der Waals surface area contributed by atoms with Crippen LogP contribution in [0, 0.1) is 11.3 Å². The number of hydrogen-bond donors (Lipinski definition) is 3. The summed E-state index contributed by atoms with van der Waals surface area (Å²) in [5.74, 6) is -0.419. The van der Waals surface area contributed by atoms with Crippen molar-refractivity contribution in [2.75, 3.05) is 24.8 Å². The summed E-state index contributed by atoms with van der Waals surface area (Å²) in [5, 5.41) is 19.4. The Kier molecular flexibility index (Phi) is 6.22. The van der Waals surface area contributed by atoms with Gasteiger partial charge in [0.05, 0.1) is 23.3 Å². The largest absolute Gasteiger partial charge is 0.379 e. The van der Waals surface area contributed by atoms with Crippen molar-refractivity contribution < 1.29 is 9.53 Å². The van der Waals surface area contributed by atoms with Crippen molar-refractivity contribution in [1.82, 2.24) is 14.9 Å². The van der Waals surface area contributed by atoms with Gasteiger partial charge < -0.3 is 25.3 Å². The molecule has 3 N–H and O–H groups in total. The number of nitrogens with zero attached hydrogens (tertiary/aromatic N) is 3. The smallest absolute Gasteiger partial charge is 0.269 e. The molecule has 0 aliphatic heterocycles. The van der Waals surface area contributed by atoms with E-state index in [9.17, 15) is 14.9 Å². The van der Waals surface area contributed by atoms with E-state index in [1.54, 1.807) is 30.9 Å². The summed E-state index contributed by atoms with van der Waals surface area (Å²) in [7, 11) is 4.89. The van der Waals surface area contributed by atoms with Crippen LogP contribution >= 0.6 is 11.6 Å². The first-order valence-corrected chi connectivity index (χ1v) is 10.8. The maximum atomic E-state index is 12.5. The van der Waals surface area contributed by atoms with Crippen molar-refractivity contribution >= 4 is 45.5 Å². The van der Waals surface area contributed by atoms with Crippen molar-refractivity contribution in [3.63, 3.8) is 0 Å². The van der Waals surface area contributed by atoms with Gasteiger partial charge in [-0.3, -0.25) is 9.59 Å². The molecule has 0 unspecified atom stereocenters. The number of benzene rings is 1. The van der Waals surface area contributed by atoms with Gasteiger partial charge in [-0.15, -0.1) is 0 Å². The Bertz CT molecular complexity index is 1340. The number of nitrogens with one attached hydrogen (secondary N) is 3. The third kappa shape index (κ3) is 4.23. The van der Waals surface area contributed by atoms with Crippen LogP contribution in [0.4, 0.5) is 17.1 Å². The number of aryl methyl sites for hydroxylation is 1. The lowest BCUT2D eigenvalue weighted by Gasteiger charge is -2.36. The van der Waals surface area contributed by atoms with Gasteiger partial charge >= 0.3 is 0 Å². The first kappa shape index (κ1) is 22.6. The molecule has 10 heteroatoms. The standard InChI is InChI=1S/C23H23ClN6O3/c1-26-23(32)18-9-16(14(11-25)22(24)29-18)27-12-4-6-19-13(8-12)17(10-21(31)30(19)2)28-15-5-7-20(15)33-3/h4,6,8-10,15,20,28H,5,7H2,1-3H3,(H,26,32)(H,27,29)/t15-,20+/m1/s1. The third-order valence-electron chi connectivity index (χ3n) is 5.93. The molecule has 0 spiro atoms. The highest BCUT2D eigenvalue weighted by Crippen LogP contribution is 2.32. The molecule has 1 amide bonds. The molecule has 33 heavy (non-hydrogen) atoms. The highest BCUT2D eigenvalue weighted by Gasteiger charge is 2.31. The number of carbonyl (C=O) groups is 1. The predicted molar refractivity (Wildman–Crippen MR) is 127 cm³/mol. The molecule has 2 atom stereocenters. The van der Waals surface area contributed by atoms with Gasteiger partial charge in [0.25, 0.3) is 11.5 Å². The molecule has 170 valence electrons. The second-order valence-electron chi connectivity index (χ2n) is 7.83. The fourth-order valence-electron chi connectivity index (χ4n) is 3.89. The van der Waals surface area contributed by atoms with Crippen LogP contribution in [0.5, 0.6) is 0 Å². The van der Waals surface area contributed by atoms with E-state index in [1.165, 1.54) is 13.1 Å². The third-order valence-corrected chi connectivity index (χ3v) is 6.20. The quantitative estimate of drug-likeness (QED) is 0.477. The van der Waals surface area contributed by atoms with E-state index in [0.717, 1.165) is 23.7 Å². The van der Waals surface area contributed by atoms with E-state index in [-0.39, 0.29) is 34.1 Å². The van der Waals surface area contributed by atoms with Crippen LogP contribution in [0.15, 0.2) is 35.1 Å². The van der Waals surface area contributed by atoms with Crippen LogP contribution < -0.4 is 21.5 Å². The Labute approximate surface area is 195 Å². The van der Waals surface area contributed by atoms with Crippen LogP contribution in [0.2, 0.25) is 5.15 Å². The van der Waals surface area contributed by atoms with E-state index in [4.69, 9.17) is 16.3 Å². The number of fused-ring (bicyclic) bond motifs is 1. The Balaban J connectivity index is 1.77. The van der Waals surface area contributed by atoms with E-state index < -0.39 is 5.91 Å². The second-order valence-corrected chi connectivity index (χ2v) is 8.18. The molecule has 3 aromatic rings. The Morgan fingerprint density at radius 3 is 2.70 bits per heavy atom. The zero-order valence-corrected chi connectivity index (χ0v) is 19.2. The lowest BCUT2D eigenvalue weighted by atomic mass is 9.88. The second kappa shape index (κ2) is 9.10. The molecule has 9 nitrogen and oxygen atoms in total. The van der Waals surface area contributed by atoms with Gasteiger partial charge in [0, 0.05) is 44.0 Å². The van der Waals surface area contributed by atoms with Gasteiger partial charge in [-0.2, -0.15) is 5.26 Å². The summed E-state index contributed by atoms with van der Waals surface area (Å²) < 4.78 is 7.05. The molecule has 1 fully saturated rings. The number of amides is 1. The van der Waals surface area contributed by atoms with Crippen molar-refractivity contribution in [1.29, 1.82) is 5.26 Å². The summed E-state index contributed by atoms with van der Waals surface area (Å²) >= 11 is 6.15. The molecular weight excluding hydrogens is 444 g/mol. The number of nitriles is 1. The molecule has 2 aromatic heterocycles. The highest BCUT2D eigenvalue weighted by molar-refractivity contribution is 6.31. The monoisotopic (exact) mass is 466 g/mol. The predicted octanol–water partition coefficient (Wildman–Crippen LogP) is 3.15. The van der Waals surface area contributed by atoms with Gasteiger partial charge in [-0.1, -0.05) is 11.6 Å². The average Bonchev–Trinajstić information content (AvgIpc) is 2.79. The number of ether oxygens (including phenoxy) is 1. The van der Waals surface area contributed by atoms with Gasteiger partial charge in [0.2, 0.25) is 0 Å². The molecule has 1 aliphatic rings. The minimum Gasteiger partial charge on any atom is -0.379 e. The number of carbonyl (C=O) groups excluding carboxylic acids is 1. The first-order chi connectivity index (χ1) is 15.9. The molecule has 1 aliphatic carbocycles. The van der Waals surface area contributed by atoms with Gasteiger partial charge in [-0.25, -0.2) is 4.98 Å². The van der Waals surface area contributed by atoms with Gasteiger partial charge in [-0.05, 0) is 37.1 Å². The number of rotatable bonds is 6. The van der Waals surface area contributed by atoms with Crippen molar-refractivity contribution in [2.24, 2.45) is 7.05 Å². The average molecular weight is 467 g/mol. The van der Waals surface area contributed by atoms with Crippen LogP contribution in [-0.2, 0) is 11.8 Å². The molecule has 0 radical (unpaired) electrons. The van der Waals surface area contributed by atoms with Crippen molar-refractivity contribution in [3.8, 4) is 6.07 Å². The van der Waals surface area contributed by atoms with Crippen molar-refractivity contribution in [3.05, 3.63) is 57.1 Å². The number of hydrogen-bond acceptors (Lipinski definition) is 7. The molecule has 1 saturated carbocycles. The minimum absolute atomic E-state index is 0.0674. The highest BCUT2D eigenvalue weighted by atomic mass is 35.5. The summed E-state index contributed by atoms with van der Waals surface area (Å²) in [5.41, 5.74) is 2.56. The van der Waals surface area contributed by atoms with Gasteiger partial charge in [0.1, 0.15) is 22.5 Å². The van der Waals surface area contributed by atoms with E-state index in [2.05, 4.69) is 20.9 Å². The van der Waals surface area contributed by atoms with Crippen LogP contribution in [0.3, 0.4) is 0 Å². The zero-order valence-electron chi connectivity index (χ0n) is 18.4. The van der Waals surface area contributed by atoms with E-state index >= 15 is 0 Å². The normalized spacial score (nSPS) is 17.2. The van der Waals surface area contributed by atoms with E-state index in [0.29, 0.717) is 17.1 Å². The number of halogens is 1. The summed E-state index contributed by atoms with van der Waals surface area (Å²) in [6.07, 6.45) is 2.03. The van der Waals surface area contributed by atoms with Crippen LogP contribution in [0.1, 0.15) is 28.9 Å². The maximum absolute atomic E-state index is 12.5. The Hall–Kier alpha value is -3.61. The summed E-state index contributed by atoms with van der Waals surface area (Å²) in [6, 6.07) is 10.7. The van der Waals surface area contributed by atoms with Crippen LogP contribution in [-0.4, -0.2) is 41.8 Å². The fraction of sp³-hybridized carbons (Fsp3) is 0.304. The maximum Gasteiger partial charge on any atom is 0.269 e. The molecular formula is C23H23ClN6O3. The number of aromatic nitrogens is 2. The Morgan fingerprint density at radius 1 is 1.27 bits per heavy atom. The molecule has 2 heterocycles. The number of methoxy groups -OCH3 is 1. The Morgan fingerprint density at radius 2 is 2.06 bits per heavy atom. The summed E-state index contributed by atoms with van der Waals surface area (Å²) in [6.45, 7) is 0.